The van der Waals surface area contributed by atoms with Gasteiger partial charge in [-0.3, -0.25) is 0 Å². The van der Waals surface area contributed by atoms with Gasteiger partial charge in [0.05, 0.1) is 18.7 Å². The number of aromatic nitrogens is 2. The Hall–Kier alpha value is -1.72. The molecule has 1 saturated carbocycles. The maximum Gasteiger partial charge on any atom is 0.137 e. The lowest BCUT2D eigenvalue weighted by Gasteiger charge is -2.40. The van der Waals surface area contributed by atoms with E-state index in [0.717, 1.165) is 36.5 Å². The largest absolute Gasteiger partial charge is 0.380 e. The van der Waals surface area contributed by atoms with Gasteiger partial charge in [0.25, 0.3) is 0 Å². The van der Waals surface area contributed by atoms with Crippen LogP contribution in [0.15, 0.2) is 24.5 Å². The van der Waals surface area contributed by atoms with Gasteiger partial charge in [-0.05, 0) is 44.7 Å². The molecule has 0 radical (unpaired) electrons. The topological polar surface area (TPSA) is 59.1 Å². The fraction of sp³-hybridized carbons (Fsp3) is 0.600. The summed E-state index contributed by atoms with van der Waals surface area (Å²) in [6.07, 6.45) is 6.46. The first-order valence-corrected chi connectivity index (χ1v) is 9.40. The van der Waals surface area contributed by atoms with Crippen LogP contribution in [0.1, 0.15) is 38.2 Å². The van der Waals surface area contributed by atoms with E-state index in [1.54, 1.807) is 6.33 Å². The second-order valence-electron chi connectivity index (χ2n) is 8.12. The van der Waals surface area contributed by atoms with E-state index in [9.17, 15) is 0 Å². The van der Waals surface area contributed by atoms with Crippen LogP contribution in [-0.4, -0.2) is 41.8 Å². The molecule has 0 spiro atoms. The van der Waals surface area contributed by atoms with Crippen LogP contribution in [0.2, 0.25) is 0 Å². The maximum atomic E-state index is 5.34. The van der Waals surface area contributed by atoms with Crippen LogP contribution in [0.5, 0.6) is 0 Å². The van der Waals surface area contributed by atoms with E-state index in [1.165, 1.54) is 31.2 Å². The number of anilines is 1. The predicted molar refractivity (Wildman–Crippen MR) is 101 cm³/mol. The lowest BCUT2D eigenvalue weighted by molar-refractivity contribution is -0.100. The third kappa shape index (κ3) is 3.77. The number of benzene rings is 1. The first kappa shape index (κ1) is 16.7. The van der Waals surface area contributed by atoms with Crippen LogP contribution in [-0.2, 0) is 4.74 Å². The zero-order chi connectivity index (χ0) is 17.3. The number of aryl methyl sites for hydroxylation is 1. The molecule has 1 aliphatic heterocycles. The molecule has 134 valence electrons. The summed E-state index contributed by atoms with van der Waals surface area (Å²) >= 11 is 0. The molecule has 0 amide bonds. The average Bonchev–Trinajstić information content (AvgIpc) is 2.60. The van der Waals surface area contributed by atoms with E-state index in [1.807, 2.05) is 0 Å². The molecule has 2 heterocycles. The van der Waals surface area contributed by atoms with Gasteiger partial charge >= 0.3 is 0 Å². The molecule has 2 N–H and O–H groups in total. The highest BCUT2D eigenvalue weighted by atomic mass is 16.5. The Morgan fingerprint density at radius 1 is 1.12 bits per heavy atom. The van der Waals surface area contributed by atoms with Gasteiger partial charge < -0.3 is 15.4 Å². The van der Waals surface area contributed by atoms with Gasteiger partial charge in [-0.15, -0.1) is 0 Å². The second kappa shape index (κ2) is 6.89. The lowest BCUT2D eigenvalue weighted by Crippen LogP contribution is -2.50. The maximum absolute atomic E-state index is 5.34. The van der Waals surface area contributed by atoms with Crippen molar-refractivity contribution >= 4 is 16.7 Å². The van der Waals surface area contributed by atoms with E-state index < -0.39 is 0 Å². The molecular formula is C20H28N4O. The minimum Gasteiger partial charge on any atom is -0.380 e. The molecule has 1 aromatic carbocycles. The Morgan fingerprint density at radius 2 is 1.88 bits per heavy atom. The summed E-state index contributed by atoms with van der Waals surface area (Å²) in [6.45, 7) is 7.29. The van der Waals surface area contributed by atoms with Crippen LogP contribution < -0.4 is 10.6 Å². The number of rotatable bonds is 5. The van der Waals surface area contributed by atoms with Crippen LogP contribution in [0.25, 0.3) is 10.9 Å². The quantitative estimate of drug-likeness (QED) is 0.875. The SMILES string of the molecule is Cc1ccc2ncnc(N[C@H]3CC[C@H](NCC4(C)COC4)CC3)c2c1. The molecular weight excluding hydrogens is 312 g/mol. The van der Waals surface area contributed by atoms with Gasteiger partial charge in [-0.25, -0.2) is 9.97 Å². The molecule has 0 atom stereocenters. The van der Waals surface area contributed by atoms with Crippen molar-refractivity contribution in [2.45, 2.75) is 51.6 Å². The Morgan fingerprint density at radius 3 is 2.60 bits per heavy atom. The number of ether oxygens (including phenoxy) is 1. The Labute approximate surface area is 149 Å². The van der Waals surface area contributed by atoms with E-state index in [-0.39, 0.29) is 0 Å². The van der Waals surface area contributed by atoms with Gasteiger partial charge in [0.1, 0.15) is 12.1 Å². The van der Waals surface area contributed by atoms with Crippen LogP contribution in [0, 0.1) is 12.3 Å². The van der Waals surface area contributed by atoms with Crippen molar-refractivity contribution in [1.82, 2.24) is 15.3 Å². The highest BCUT2D eigenvalue weighted by molar-refractivity contribution is 5.89. The molecule has 0 bridgehead atoms. The summed E-state index contributed by atoms with van der Waals surface area (Å²) in [4.78, 5) is 8.87. The summed E-state index contributed by atoms with van der Waals surface area (Å²) in [5, 5.41) is 8.55. The predicted octanol–water partition coefficient (Wildman–Crippen LogP) is 3.29. The van der Waals surface area contributed by atoms with Gasteiger partial charge in [-0.2, -0.15) is 0 Å². The van der Waals surface area contributed by atoms with Crippen molar-refractivity contribution in [3.8, 4) is 0 Å². The van der Waals surface area contributed by atoms with Crippen molar-refractivity contribution in [2.75, 3.05) is 25.1 Å². The Balaban J connectivity index is 1.33. The summed E-state index contributed by atoms with van der Waals surface area (Å²) in [7, 11) is 0. The lowest BCUT2D eigenvalue weighted by atomic mass is 9.86. The molecule has 5 nitrogen and oxygen atoms in total. The zero-order valence-corrected chi connectivity index (χ0v) is 15.2. The Bertz CT molecular complexity index is 736. The third-order valence-electron chi connectivity index (χ3n) is 5.58. The molecule has 2 aromatic rings. The second-order valence-corrected chi connectivity index (χ2v) is 8.12. The van der Waals surface area contributed by atoms with E-state index in [2.05, 4.69) is 52.6 Å². The standard InChI is InChI=1S/C20H28N4O/c1-14-3-8-18-17(9-14)19(23-13-22-18)24-16-6-4-15(5-7-16)21-10-20(2)11-25-12-20/h3,8-9,13,15-16,21H,4-7,10-12H2,1-2H3,(H,22,23,24)/t15-,16-. The highest BCUT2D eigenvalue weighted by Gasteiger charge is 2.34. The van der Waals surface area contributed by atoms with Gasteiger partial charge in [0.15, 0.2) is 0 Å². The average molecular weight is 340 g/mol. The van der Waals surface area contributed by atoms with Crippen LogP contribution >= 0.6 is 0 Å². The molecule has 2 aliphatic rings. The number of nitrogens with zero attached hydrogens (tertiary/aromatic N) is 2. The van der Waals surface area contributed by atoms with Crippen molar-refractivity contribution in [3.63, 3.8) is 0 Å². The van der Waals surface area contributed by atoms with E-state index in [4.69, 9.17) is 4.74 Å². The third-order valence-corrected chi connectivity index (χ3v) is 5.58. The molecule has 1 aromatic heterocycles. The first-order chi connectivity index (χ1) is 12.1. The summed E-state index contributed by atoms with van der Waals surface area (Å²) in [6, 6.07) is 7.48. The normalized spacial score (nSPS) is 25.5. The molecule has 0 unspecified atom stereocenters. The van der Waals surface area contributed by atoms with Crippen LogP contribution in [0.3, 0.4) is 0 Å². The zero-order valence-electron chi connectivity index (χ0n) is 15.2. The van der Waals surface area contributed by atoms with Gasteiger partial charge in [-0.1, -0.05) is 18.6 Å². The number of hydrogen-bond donors (Lipinski definition) is 2. The molecule has 1 saturated heterocycles. The van der Waals surface area contributed by atoms with Gasteiger partial charge in [0, 0.05) is 29.4 Å². The minimum atomic E-state index is 0.354. The summed E-state index contributed by atoms with van der Waals surface area (Å²) in [5.41, 5.74) is 2.61. The Kier molecular flexibility index (Phi) is 4.61. The molecule has 4 rings (SSSR count). The monoisotopic (exact) mass is 340 g/mol. The molecule has 1 aliphatic carbocycles. The van der Waals surface area contributed by atoms with Crippen molar-refractivity contribution in [2.24, 2.45) is 5.41 Å². The summed E-state index contributed by atoms with van der Waals surface area (Å²) in [5.74, 6) is 0.976. The van der Waals surface area contributed by atoms with Crippen molar-refractivity contribution < 1.29 is 4.74 Å². The van der Waals surface area contributed by atoms with Gasteiger partial charge in [0.2, 0.25) is 0 Å². The molecule has 25 heavy (non-hydrogen) atoms. The number of fused-ring (bicyclic) bond motifs is 1. The number of hydrogen-bond acceptors (Lipinski definition) is 5. The fourth-order valence-corrected chi connectivity index (χ4v) is 3.86. The molecule has 5 heteroatoms. The minimum absolute atomic E-state index is 0.354. The number of nitrogens with one attached hydrogen (secondary N) is 2. The smallest absolute Gasteiger partial charge is 0.137 e. The molecule has 2 fully saturated rings. The summed E-state index contributed by atoms with van der Waals surface area (Å²) < 4.78 is 5.34. The van der Waals surface area contributed by atoms with Crippen molar-refractivity contribution in [3.05, 3.63) is 30.1 Å². The van der Waals surface area contributed by atoms with Crippen molar-refractivity contribution in [1.29, 1.82) is 0 Å². The highest BCUT2D eigenvalue weighted by Crippen LogP contribution is 2.28. The van der Waals surface area contributed by atoms with Crippen LogP contribution in [0.4, 0.5) is 5.82 Å². The van der Waals surface area contributed by atoms with E-state index >= 15 is 0 Å². The first-order valence-electron chi connectivity index (χ1n) is 9.40. The fourth-order valence-electron chi connectivity index (χ4n) is 3.86. The van der Waals surface area contributed by atoms with E-state index in [0.29, 0.717) is 17.5 Å².